The quantitative estimate of drug-likeness (QED) is 0.489. The lowest BCUT2D eigenvalue weighted by atomic mass is 10.6. The van der Waals surface area contributed by atoms with Crippen LogP contribution in [0.5, 0.6) is 0 Å². The smallest absolute Gasteiger partial charge is 0.0115 e. The highest BCUT2D eigenvalue weighted by molar-refractivity contribution is 8.00. The Morgan fingerprint density at radius 1 is 1.62 bits per heavy atom. The van der Waals surface area contributed by atoms with Crippen LogP contribution in [0.1, 0.15) is 13.8 Å². The van der Waals surface area contributed by atoms with Gasteiger partial charge in [0.15, 0.2) is 0 Å². The van der Waals surface area contributed by atoms with E-state index in [0.717, 1.165) is 11.9 Å². The molecular weight excluding hydrogens is 139 g/mol. The molecule has 0 spiro atoms. The second-order valence-electron chi connectivity index (χ2n) is 1.83. The molecule has 0 aliphatic heterocycles. The summed E-state index contributed by atoms with van der Waals surface area (Å²) in [6.07, 6.45) is 0.961. The average Bonchev–Trinajstić information content (AvgIpc) is 1.66. The van der Waals surface area contributed by atoms with E-state index in [-0.39, 0.29) is 8.81 Å². The first-order chi connectivity index (χ1) is 3.77. The maximum atomic E-state index is 8.39. The van der Waals surface area contributed by atoms with Gasteiger partial charge in [0.05, 0.1) is 0 Å². The zero-order chi connectivity index (χ0) is 6.41. The van der Waals surface area contributed by atoms with E-state index in [1.807, 2.05) is 11.8 Å². The van der Waals surface area contributed by atoms with E-state index in [2.05, 4.69) is 13.8 Å². The van der Waals surface area contributed by atoms with Crippen LogP contribution in [0.15, 0.2) is 0 Å². The minimum absolute atomic E-state index is 0.136. The second kappa shape index (κ2) is 5.87. The van der Waals surface area contributed by atoms with Gasteiger partial charge in [-0.15, -0.1) is 0 Å². The minimum atomic E-state index is 0.136. The molecule has 0 saturated carbocycles. The Kier molecular flexibility index (Phi) is 6.41. The maximum Gasteiger partial charge on any atom is 0.0115 e. The van der Waals surface area contributed by atoms with Crippen molar-refractivity contribution >= 4 is 20.6 Å². The molecule has 0 aliphatic carbocycles. The normalized spacial score (nSPS) is 12.0. The van der Waals surface area contributed by atoms with E-state index in [1.165, 1.54) is 0 Å². The summed E-state index contributed by atoms with van der Waals surface area (Å²) in [4.78, 5) is 8.39. The lowest BCUT2D eigenvalue weighted by Gasteiger charge is -2.00. The molecule has 0 aromatic rings. The van der Waals surface area contributed by atoms with Crippen LogP contribution < -0.4 is 0 Å². The standard InChI is InChI=1S/C5H13OPS/c1-5(2)8-4-3-7-6/h5-7H,3-4H2,1-2H3. The van der Waals surface area contributed by atoms with Gasteiger partial charge in [-0.2, -0.15) is 11.8 Å². The molecule has 0 aliphatic rings. The molecule has 3 heteroatoms. The van der Waals surface area contributed by atoms with Gasteiger partial charge in [0, 0.05) is 8.81 Å². The topological polar surface area (TPSA) is 20.2 Å². The third kappa shape index (κ3) is 6.74. The molecule has 50 valence electrons. The van der Waals surface area contributed by atoms with Gasteiger partial charge >= 0.3 is 0 Å². The van der Waals surface area contributed by atoms with E-state index in [1.54, 1.807) is 0 Å². The maximum absolute atomic E-state index is 8.39. The third-order valence-electron chi connectivity index (χ3n) is 0.665. The molecule has 0 saturated heterocycles. The summed E-state index contributed by atoms with van der Waals surface area (Å²) >= 11 is 1.90. The Balaban J connectivity index is 2.72. The molecule has 0 heterocycles. The molecule has 0 amide bonds. The molecule has 1 N–H and O–H groups in total. The van der Waals surface area contributed by atoms with Crippen LogP contribution in [-0.4, -0.2) is 22.1 Å². The first-order valence-electron chi connectivity index (χ1n) is 2.76. The van der Waals surface area contributed by atoms with Crippen LogP contribution in [0, 0.1) is 0 Å². The van der Waals surface area contributed by atoms with Gasteiger partial charge in [-0.3, -0.25) is 0 Å². The van der Waals surface area contributed by atoms with Gasteiger partial charge in [-0.1, -0.05) is 13.8 Å². The van der Waals surface area contributed by atoms with Crippen molar-refractivity contribution < 1.29 is 4.89 Å². The number of rotatable bonds is 4. The number of thioether (sulfide) groups is 1. The minimum Gasteiger partial charge on any atom is -0.377 e. The van der Waals surface area contributed by atoms with Gasteiger partial charge in [0.25, 0.3) is 0 Å². The van der Waals surface area contributed by atoms with E-state index in [0.29, 0.717) is 5.25 Å². The molecule has 1 nitrogen and oxygen atoms in total. The summed E-state index contributed by atoms with van der Waals surface area (Å²) in [7, 11) is 0.136. The van der Waals surface area contributed by atoms with Crippen molar-refractivity contribution in [2.75, 3.05) is 11.9 Å². The predicted octanol–water partition coefficient (Wildman–Crippen LogP) is 1.71. The van der Waals surface area contributed by atoms with Gasteiger partial charge in [-0.25, -0.2) is 0 Å². The summed E-state index contributed by atoms with van der Waals surface area (Å²) in [5, 5.41) is 0.714. The second-order valence-corrected chi connectivity index (χ2v) is 4.33. The molecule has 0 rings (SSSR count). The summed E-state index contributed by atoms with van der Waals surface area (Å²) < 4.78 is 0. The zero-order valence-electron chi connectivity index (χ0n) is 5.35. The van der Waals surface area contributed by atoms with E-state index >= 15 is 0 Å². The predicted molar refractivity (Wildman–Crippen MR) is 43.0 cm³/mol. The van der Waals surface area contributed by atoms with Gasteiger partial charge in [0.1, 0.15) is 0 Å². The highest BCUT2D eigenvalue weighted by atomic mass is 32.2. The highest BCUT2D eigenvalue weighted by Crippen LogP contribution is 2.12. The molecule has 1 unspecified atom stereocenters. The fourth-order valence-electron chi connectivity index (χ4n) is 0.340. The van der Waals surface area contributed by atoms with Crippen LogP contribution in [0.25, 0.3) is 0 Å². The molecule has 8 heavy (non-hydrogen) atoms. The Bertz CT molecular complexity index is 49.7. The highest BCUT2D eigenvalue weighted by Gasteiger charge is 1.91. The summed E-state index contributed by atoms with van der Waals surface area (Å²) in [5.41, 5.74) is 0. The largest absolute Gasteiger partial charge is 0.377 e. The monoisotopic (exact) mass is 152 g/mol. The average molecular weight is 152 g/mol. The van der Waals surface area contributed by atoms with Gasteiger partial charge < -0.3 is 4.89 Å². The van der Waals surface area contributed by atoms with Crippen molar-refractivity contribution in [1.29, 1.82) is 0 Å². The Morgan fingerprint density at radius 3 is 2.62 bits per heavy atom. The molecule has 0 radical (unpaired) electrons. The van der Waals surface area contributed by atoms with E-state index in [9.17, 15) is 0 Å². The van der Waals surface area contributed by atoms with Crippen molar-refractivity contribution in [2.45, 2.75) is 19.1 Å². The third-order valence-corrected chi connectivity index (χ3v) is 2.61. The van der Waals surface area contributed by atoms with E-state index < -0.39 is 0 Å². The SMILES string of the molecule is CC(C)SCCPO. The van der Waals surface area contributed by atoms with Crippen LogP contribution >= 0.6 is 20.6 Å². The first-order valence-corrected chi connectivity index (χ1v) is 4.96. The molecule has 0 bridgehead atoms. The first kappa shape index (κ1) is 8.74. The Hall–Kier alpha value is 0.740. The van der Waals surface area contributed by atoms with Crippen molar-refractivity contribution in [1.82, 2.24) is 0 Å². The van der Waals surface area contributed by atoms with Gasteiger partial charge in [-0.05, 0) is 17.2 Å². The molecule has 0 aromatic heterocycles. The van der Waals surface area contributed by atoms with Crippen molar-refractivity contribution in [3.05, 3.63) is 0 Å². The lowest BCUT2D eigenvalue weighted by Crippen LogP contribution is -1.90. The summed E-state index contributed by atoms with van der Waals surface area (Å²) in [6.45, 7) is 4.34. The number of hydrogen-bond acceptors (Lipinski definition) is 2. The zero-order valence-corrected chi connectivity index (χ0v) is 7.16. The fraction of sp³-hybridized carbons (Fsp3) is 1.00. The van der Waals surface area contributed by atoms with Crippen LogP contribution in [0.3, 0.4) is 0 Å². The van der Waals surface area contributed by atoms with E-state index in [4.69, 9.17) is 4.89 Å². The molecular formula is C5H13OPS. The molecule has 0 aromatic carbocycles. The van der Waals surface area contributed by atoms with Crippen molar-refractivity contribution in [2.24, 2.45) is 0 Å². The Morgan fingerprint density at radius 2 is 2.25 bits per heavy atom. The van der Waals surface area contributed by atoms with Crippen LogP contribution in [0.4, 0.5) is 0 Å². The lowest BCUT2D eigenvalue weighted by molar-refractivity contribution is 0.647. The molecule has 0 fully saturated rings. The summed E-state index contributed by atoms with van der Waals surface area (Å²) in [6, 6.07) is 0. The Labute approximate surface area is 57.1 Å². The summed E-state index contributed by atoms with van der Waals surface area (Å²) in [5.74, 6) is 1.10. The fourth-order valence-corrected chi connectivity index (χ4v) is 1.65. The van der Waals surface area contributed by atoms with Crippen LogP contribution in [-0.2, 0) is 0 Å². The van der Waals surface area contributed by atoms with Crippen molar-refractivity contribution in [3.63, 3.8) is 0 Å². The van der Waals surface area contributed by atoms with Gasteiger partial charge in [0.2, 0.25) is 0 Å². The molecule has 1 atom stereocenters. The van der Waals surface area contributed by atoms with Crippen molar-refractivity contribution in [3.8, 4) is 0 Å². The van der Waals surface area contributed by atoms with Crippen LogP contribution in [0.2, 0.25) is 0 Å². The number of hydrogen-bond donors (Lipinski definition) is 1.